The predicted octanol–water partition coefficient (Wildman–Crippen LogP) is 2.23. The Morgan fingerprint density at radius 3 is 2.47 bits per heavy atom. The van der Waals surface area contributed by atoms with Gasteiger partial charge in [-0.25, -0.2) is 0 Å². The first-order valence-electron chi connectivity index (χ1n) is 7.61. The molecular formula is C15H30N2O2. The van der Waals surface area contributed by atoms with Crippen LogP contribution in [0, 0.1) is 0 Å². The standard InChI is InChI=1S/C15H30N2O2/c1-15(2,3)17-10-9-14(18)16-11-12-19-13-7-5-4-6-8-13/h13,17H,4-12H2,1-3H3,(H,16,18). The summed E-state index contributed by atoms with van der Waals surface area (Å²) in [6, 6.07) is 0. The molecule has 0 saturated heterocycles. The molecule has 0 bridgehead atoms. The Morgan fingerprint density at radius 2 is 1.84 bits per heavy atom. The summed E-state index contributed by atoms with van der Waals surface area (Å²) in [5.41, 5.74) is 0.0738. The van der Waals surface area contributed by atoms with Crippen LogP contribution in [-0.2, 0) is 9.53 Å². The van der Waals surface area contributed by atoms with E-state index >= 15 is 0 Å². The van der Waals surface area contributed by atoms with Crippen molar-refractivity contribution in [1.29, 1.82) is 0 Å². The van der Waals surface area contributed by atoms with Crippen molar-refractivity contribution >= 4 is 5.91 Å². The molecule has 0 aromatic rings. The van der Waals surface area contributed by atoms with Gasteiger partial charge in [0.15, 0.2) is 0 Å². The maximum absolute atomic E-state index is 11.6. The van der Waals surface area contributed by atoms with E-state index in [4.69, 9.17) is 4.74 Å². The first-order valence-corrected chi connectivity index (χ1v) is 7.61. The molecule has 1 amide bonds. The number of carbonyl (C=O) groups excluding carboxylic acids is 1. The van der Waals surface area contributed by atoms with Gasteiger partial charge >= 0.3 is 0 Å². The average molecular weight is 270 g/mol. The number of nitrogens with one attached hydrogen (secondary N) is 2. The molecule has 0 heterocycles. The minimum absolute atomic E-state index is 0.0738. The fourth-order valence-electron chi connectivity index (χ4n) is 2.29. The number of rotatable bonds is 7. The maximum Gasteiger partial charge on any atom is 0.221 e. The Morgan fingerprint density at radius 1 is 1.16 bits per heavy atom. The van der Waals surface area contributed by atoms with Crippen molar-refractivity contribution in [3.63, 3.8) is 0 Å². The second-order valence-corrected chi connectivity index (χ2v) is 6.41. The van der Waals surface area contributed by atoms with Gasteiger partial charge in [0.2, 0.25) is 5.91 Å². The molecule has 0 radical (unpaired) electrons. The molecule has 4 heteroatoms. The Labute approximate surface area is 117 Å². The molecule has 0 spiro atoms. The van der Waals surface area contributed by atoms with E-state index in [2.05, 4.69) is 31.4 Å². The molecule has 1 aliphatic carbocycles. The zero-order valence-electron chi connectivity index (χ0n) is 12.8. The zero-order chi connectivity index (χ0) is 14.1. The Kier molecular flexibility index (Phi) is 7.39. The predicted molar refractivity (Wildman–Crippen MR) is 78.2 cm³/mol. The molecule has 0 aliphatic heterocycles. The monoisotopic (exact) mass is 270 g/mol. The Balaban J connectivity index is 1.95. The lowest BCUT2D eigenvalue weighted by molar-refractivity contribution is -0.121. The summed E-state index contributed by atoms with van der Waals surface area (Å²) in [5.74, 6) is 0.101. The highest BCUT2D eigenvalue weighted by atomic mass is 16.5. The lowest BCUT2D eigenvalue weighted by Gasteiger charge is -2.22. The van der Waals surface area contributed by atoms with Gasteiger partial charge in [-0.1, -0.05) is 19.3 Å². The Hall–Kier alpha value is -0.610. The number of amides is 1. The first-order chi connectivity index (χ1) is 8.97. The highest BCUT2D eigenvalue weighted by Crippen LogP contribution is 2.19. The van der Waals surface area contributed by atoms with Crippen LogP contribution >= 0.6 is 0 Å². The average Bonchev–Trinajstić information content (AvgIpc) is 2.34. The lowest BCUT2D eigenvalue weighted by atomic mass is 9.98. The highest BCUT2D eigenvalue weighted by Gasteiger charge is 2.13. The molecule has 0 unspecified atom stereocenters. The van der Waals surface area contributed by atoms with Crippen LogP contribution < -0.4 is 10.6 Å². The van der Waals surface area contributed by atoms with E-state index in [0.717, 1.165) is 6.54 Å². The van der Waals surface area contributed by atoms with Crippen molar-refractivity contribution in [2.75, 3.05) is 19.7 Å². The van der Waals surface area contributed by atoms with E-state index in [1.54, 1.807) is 0 Å². The summed E-state index contributed by atoms with van der Waals surface area (Å²) in [6.45, 7) is 8.29. The van der Waals surface area contributed by atoms with Crippen LogP contribution in [0.1, 0.15) is 59.3 Å². The van der Waals surface area contributed by atoms with E-state index < -0.39 is 0 Å². The van der Waals surface area contributed by atoms with Crippen LogP contribution in [0.5, 0.6) is 0 Å². The fourth-order valence-corrected chi connectivity index (χ4v) is 2.29. The normalized spacial score (nSPS) is 17.4. The number of hydrogen-bond donors (Lipinski definition) is 2. The van der Waals surface area contributed by atoms with Crippen molar-refractivity contribution < 1.29 is 9.53 Å². The second kappa shape index (κ2) is 8.54. The smallest absolute Gasteiger partial charge is 0.221 e. The van der Waals surface area contributed by atoms with Crippen LogP contribution in [-0.4, -0.2) is 37.2 Å². The van der Waals surface area contributed by atoms with Crippen LogP contribution in [0.3, 0.4) is 0 Å². The van der Waals surface area contributed by atoms with E-state index in [1.807, 2.05) is 0 Å². The van der Waals surface area contributed by atoms with E-state index in [9.17, 15) is 4.79 Å². The molecule has 1 fully saturated rings. The van der Waals surface area contributed by atoms with Gasteiger partial charge < -0.3 is 15.4 Å². The minimum atomic E-state index is 0.0738. The molecule has 1 saturated carbocycles. The molecule has 1 aliphatic rings. The molecule has 4 nitrogen and oxygen atoms in total. The van der Waals surface area contributed by atoms with Crippen LogP contribution in [0.15, 0.2) is 0 Å². The number of carbonyl (C=O) groups is 1. The third-order valence-electron chi connectivity index (χ3n) is 3.34. The molecule has 0 aromatic heterocycles. The third-order valence-corrected chi connectivity index (χ3v) is 3.34. The summed E-state index contributed by atoms with van der Waals surface area (Å²) in [5, 5.41) is 6.21. The highest BCUT2D eigenvalue weighted by molar-refractivity contribution is 5.76. The largest absolute Gasteiger partial charge is 0.376 e. The molecule has 1 rings (SSSR count). The summed E-state index contributed by atoms with van der Waals surface area (Å²) in [7, 11) is 0. The van der Waals surface area contributed by atoms with Gasteiger partial charge in [0.25, 0.3) is 0 Å². The van der Waals surface area contributed by atoms with Gasteiger partial charge in [-0.15, -0.1) is 0 Å². The topological polar surface area (TPSA) is 50.4 Å². The van der Waals surface area contributed by atoms with Gasteiger partial charge in [0.05, 0.1) is 12.7 Å². The van der Waals surface area contributed by atoms with Crippen molar-refractivity contribution in [3.05, 3.63) is 0 Å². The SMILES string of the molecule is CC(C)(C)NCCC(=O)NCCOC1CCCCC1. The molecule has 19 heavy (non-hydrogen) atoms. The molecule has 112 valence electrons. The molecule has 0 aromatic carbocycles. The quantitative estimate of drug-likeness (QED) is 0.698. The number of ether oxygens (including phenoxy) is 1. The van der Waals surface area contributed by atoms with Crippen LogP contribution in [0.25, 0.3) is 0 Å². The van der Waals surface area contributed by atoms with Crippen molar-refractivity contribution in [1.82, 2.24) is 10.6 Å². The minimum Gasteiger partial charge on any atom is -0.376 e. The van der Waals surface area contributed by atoms with E-state index in [1.165, 1.54) is 32.1 Å². The Bertz CT molecular complexity index is 255. The first kappa shape index (κ1) is 16.4. The summed E-state index contributed by atoms with van der Waals surface area (Å²) >= 11 is 0. The number of hydrogen-bond acceptors (Lipinski definition) is 3. The van der Waals surface area contributed by atoms with E-state index in [0.29, 0.717) is 25.7 Å². The summed E-state index contributed by atoms with van der Waals surface area (Å²) in [6.07, 6.45) is 7.24. The zero-order valence-corrected chi connectivity index (χ0v) is 12.8. The second-order valence-electron chi connectivity index (χ2n) is 6.41. The molecular weight excluding hydrogens is 240 g/mol. The van der Waals surface area contributed by atoms with Gasteiger partial charge in [-0.2, -0.15) is 0 Å². The van der Waals surface area contributed by atoms with Crippen molar-refractivity contribution in [2.45, 2.75) is 70.9 Å². The van der Waals surface area contributed by atoms with Gasteiger partial charge in [-0.05, 0) is 33.6 Å². The maximum atomic E-state index is 11.6. The fraction of sp³-hybridized carbons (Fsp3) is 0.933. The van der Waals surface area contributed by atoms with Gasteiger partial charge in [0.1, 0.15) is 0 Å². The third kappa shape index (κ3) is 9.00. The summed E-state index contributed by atoms with van der Waals surface area (Å²) in [4.78, 5) is 11.6. The van der Waals surface area contributed by atoms with Crippen LogP contribution in [0.4, 0.5) is 0 Å². The molecule has 2 N–H and O–H groups in total. The summed E-state index contributed by atoms with van der Waals surface area (Å²) < 4.78 is 5.76. The van der Waals surface area contributed by atoms with Crippen molar-refractivity contribution in [2.24, 2.45) is 0 Å². The van der Waals surface area contributed by atoms with E-state index in [-0.39, 0.29) is 11.4 Å². The lowest BCUT2D eigenvalue weighted by Crippen LogP contribution is -2.39. The van der Waals surface area contributed by atoms with Crippen molar-refractivity contribution in [3.8, 4) is 0 Å². The van der Waals surface area contributed by atoms with Gasteiger partial charge in [-0.3, -0.25) is 4.79 Å². The van der Waals surface area contributed by atoms with Gasteiger partial charge in [0, 0.05) is 25.0 Å². The molecule has 0 atom stereocenters. The van der Waals surface area contributed by atoms with Crippen LogP contribution in [0.2, 0.25) is 0 Å².